The minimum atomic E-state index is 0.213. The van der Waals surface area contributed by atoms with Gasteiger partial charge in [0.2, 0.25) is 0 Å². The van der Waals surface area contributed by atoms with Gasteiger partial charge < -0.3 is 9.69 Å². The van der Waals surface area contributed by atoms with Crippen molar-refractivity contribution in [2.24, 2.45) is 5.92 Å². The van der Waals surface area contributed by atoms with Gasteiger partial charge in [0.05, 0.1) is 0 Å². The molecule has 0 amide bonds. The van der Waals surface area contributed by atoms with Crippen LogP contribution >= 0.6 is 0 Å². The second kappa shape index (κ2) is 4.92. The molecule has 0 N–H and O–H groups in total. The summed E-state index contributed by atoms with van der Waals surface area (Å²) >= 11 is 0. The van der Waals surface area contributed by atoms with Gasteiger partial charge in [-0.05, 0) is 25.0 Å². The predicted octanol–water partition coefficient (Wildman–Crippen LogP) is 1.91. The maximum Gasteiger partial charge on any atom is 0.150 e. The van der Waals surface area contributed by atoms with Crippen molar-refractivity contribution >= 4 is 18.3 Å². The van der Waals surface area contributed by atoms with Crippen LogP contribution in [0.15, 0.2) is 24.3 Å². The highest BCUT2D eigenvalue weighted by atomic mass is 16.1. The lowest BCUT2D eigenvalue weighted by Crippen LogP contribution is -2.34. The summed E-state index contributed by atoms with van der Waals surface area (Å²) in [5, 5.41) is 0. The topological polar surface area (TPSA) is 37.4 Å². The number of hydrogen-bond acceptors (Lipinski definition) is 3. The molecule has 0 aliphatic carbocycles. The maximum absolute atomic E-state index is 10.7. The van der Waals surface area contributed by atoms with Gasteiger partial charge in [0.1, 0.15) is 12.6 Å². The Balaban J connectivity index is 2.07. The highest BCUT2D eigenvalue weighted by Gasteiger charge is 2.18. The van der Waals surface area contributed by atoms with Crippen LogP contribution in [0.1, 0.15) is 23.2 Å². The molecule has 1 fully saturated rings. The molecular weight excluding hydrogens is 202 g/mol. The molecule has 1 heterocycles. The van der Waals surface area contributed by atoms with Crippen molar-refractivity contribution < 1.29 is 9.59 Å². The molecule has 1 aromatic carbocycles. The van der Waals surface area contributed by atoms with Crippen molar-refractivity contribution in [3.05, 3.63) is 29.8 Å². The first-order valence-corrected chi connectivity index (χ1v) is 5.59. The van der Waals surface area contributed by atoms with Crippen LogP contribution in [0.2, 0.25) is 0 Å². The van der Waals surface area contributed by atoms with Crippen LogP contribution < -0.4 is 4.90 Å². The fraction of sp³-hybridized carbons (Fsp3) is 0.385. The lowest BCUT2D eigenvalue weighted by Gasteiger charge is -2.31. The molecular formula is C13H15NO2. The number of hydrogen-bond donors (Lipinski definition) is 0. The molecule has 1 saturated heterocycles. The van der Waals surface area contributed by atoms with Gasteiger partial charge in [0, 0.05) is 30.3 Å². The molecule has 0 bridgehead atoms. The van der Waals surface area contributed by atoms with Gasteiger partial charge in [-0.2, -0.15) is 0 Å². The van der Waals surface area contributed by atoms with Crippen molar-refractivity contribution in [3.8, 4) is 0 Å². The van der Waals surface area contributed by atoms with Gasteiger partial charge in [0.25, 0.3) is 0 Å². The number of piperidine rings is 1. The first-order chi connectivity index (χ1) is 7.83. The molecule has 1 aliphatic heterocycles. The van der Waals surface area contributed by atoms with Crippen LogP contribution in [-0.4, -0.2) is 25.7 Å². The minimum Gasteiger partial charge on any atom is -0.371 e. The lowest BCUT2D eigenvalue weighted by molar-refractivity contribution is -0.111. The molecule has 0 aromatic heterocycles. The number of carbonyl (C=O) groups excluding carboxylic acids is 2. The van der Waals surface area contributed by atoms with E-state index in [9.17, 15) is 9.59 Å². The molecule has 0 spiro atoms. The van der Waals surface area contributed by atoms with Gasteiger partial charge in [-0.25, -0.2) is 0 Å². The molecule has 0 saturated carbocycles. The summed E-state index contributed by atoms with van der Waals surface area (Å²) in [6.45, 7) is 1.79. The Labute approximate surface area is 95.1 Å². The third-order valence-corrected chi connectivity index (χ3v) is 3.10. The van der Waals surface area contributed by atoms with Crippen LogP contribution in [0, 0.1) is 5.92 Å². The predicted molar refractivity (Wildman–Crippen MR) is 62.8 cm³/mol. The van der Waals surface area contributed by atoms with E-state index in [0.29, 0.717) is 5.56 Å². The average Bonchev–Trinajstić information content (AvgIpc) is 2.39. The highest BCUT2D eigenvalue weighted by Crippen LogP contribution is 2.22. The van der Waals surface area contributed by atoms with E-state index >= 15 is 0 Å². The standard InChI is InChI=1S/C13H15NO2/c15-9-11-4-6-14(7-5-11)13-3-1-2-12(8-13)10-16/h1-3,8-11H,4-7H2. The largest absolute Gasteiger partial charge is 0.371 e. The van der Waals surface area contributed by atoms with E-state index < -0.39 is 0 Å². The zero-order valence-electron chi connectivity index (χ0n) is 9.13. The lowest BCUT2D eigenvalue weighted by atomic mass is 9.98. The number of benzene rings is 1. The zero-order chi connectivity index (χ0) is 11.4. The van der Waals surface area contributed by atoms with E-state index in [4.69, 9.17) is 0 Å². The summed E-state index contributed by atoms with van der Waals surface area (Å²) < 4.78 is 0. The summed E-state index contributed by atoms with van der Waals surface area (Å²) in [7, 11) is 0. The molecule has 0 unspecified atom stereocenters. The first kappa shape index (κ1) is 10.9. The Kier molecular flexibility index (Phi) is 3.34. The van der Waals surface area contributed by atoms with Crippen LogP contribution in [0.5, 0.6) is 0 Å². The van der Waals surface area contributed by atoms with Crippen molar-refractivity contribution in [2.45, 2.75) is 12.8 Å². The van der Waals surface area contributed by atoms with Crippen molar-refractivity contribution in [1.82, 2.24) is 0 Å². The summed E-state index contributed by atoms with van der Waals surface area (Å²) in [4.78, 5) is 23.5. The minimum absolute atomic E-state index is 0.213. The van der Waals surface area contributed by atoms with E-state index in [2.05, 4.69) is 4.90 Å². The zero-order valence-corrected chi connectivity index (χ0v) is 9.13. The van der Waals surface area contributed by atoms with Crippen LogP contribution in [-0.2, 0) is 4.79 Å². The molecule has 2 rings (SSSR count). The van der Waals surface area contributed by atoms with Crippen LogP contribution in [0.3, 0.4) is 0 Å². The third-order valence-electron chi connectivity index (χ3n) is 3.10. The Morgan fingerprint density at radius 2 is 1.94 bits per heavy atom. The summed E-state index contributed by atoms with van der Waals surface area (Å²) in [5.74, 6) is 0.213. The fourth-order valence-electron chi connectivity index (χ4n) is 2.09. The Morgan fingerprint density at radius 1 is 1.19 bits per heavy atom. The van der Waals surface area contributed by atoms with Crippen LogP contribution in [0.4, 0.5) is 5.69 Å². The number of rotatable bonds is 3. The van der Waals surface area contributed by atoms with Crippen molar-refractivity contribution in [1.29, 1.82) is 0 Å². The fourth-order valence-corrected chi connectivity index (χ4v) is 2.09. The van der Waals surface area contributed by atoms with Gasteiger partial charge in [-0.3, -0.25) is 4.79 Å². The average molecular weight is 217 g/mol. The van der Waals surface area contributed by atoms with Crippen molar-refractivity contribution in [2.75, 3.05) is 18.0 Å². The number of aldehydes is 2. The molecule has 1 aliphatic rings. The second-order valence-corrected chi connectivity index (χ2v) is 4.17. The quantitative estimate of drug-likeness (QED) is 0.726. The smallest absolute Gasteiger partial charge is 0.150 e. The number of carbonyl (C=O) groups is 2. The molecule has 3 heteroatoms. The molecule has 0 atom stereocenters. The van der Waals surface area contributed by atoms with E-state index in [1.54, 1.807) is 6.07 Å². The van der Waals surface area contributed by atoms with Gasteiger partial charge >= 0.3 is 0 Å². The van der Waals surface area contributed by atoms with Gasteiger partial charge in [0.15, 0.2) is 0 Å². The highest BCUT2D eigenvalue weighted by molar-refractivity contribution is 5.77. The van der Waals surface area contributed by atoms with E-state index in [1.807, 2.05) is 18.2 Å². The molecule has 3 nitrogen and oxygen atoms in total. The van der Waals surface area contributed by atoms with E-state index in [0.717, 1.165) is 44.2 Å². The summed E-state index contributed by atoms with van der Waals surface area (Å²) in [5.41, 5.74) is 1.78. The number of anilines is 1. The van der Waals surface area contributed by atoms with E-state index in [1.165, 1.54) is 0 Å². The molecule has 1 aromatic rings. The van der Waals surface area contributed by atoms with Gasteiger partial charge in [-0.15, -0.1) is 0 Å². The van der Waals surface area contributed by atoms with E-state index in [-0.39, 0.29) is 5.92 Å². The maximum atomic E-state index is 10.7. The summed E-state index contributed by atoms with van der Waals surface area (Å²) in [6.07, 6.45) is 3.74. The molecule has 16 heavy (non-hydrogen) atoms. The normalized spacial score (nSPS) is 17.1. The Hall–Kier alpha value is -1.64. The monoisotopic (exact) mass is 217 g/mol. The second-order valence-electron chi connectivity index (χ2n) is 4.17. The first-order valence-electron chi connectivity index (χ1n) is 5.59. The molecule has 0 radical (unpaired) electrons. The van der Waals surface area contributed by atoms with Crippen LogP contribution in [0.25, 0.3) is 0 Å². The Morgan fingerprint density at radius 3 is 2.56 bits per heavy atom. The van der Waals surface area contributed by atoms with Crippen molar-refractivity contribution in [3.63, 3.8) is 0 Å². The summed E-state index contributed by atoms with van der Waals surface area (Å²) in [6, 6.07) is 7.60. The Bertz CT molecular complexity index is 381. The third kappa shape index (κ3) is 2.30. The molecule has 84 valence electrons. The SMILES string of the molecule is O=Cc1cccc(N2CCC(C=O)CC2)c1. The van der Waals surface area contributed by atoms with Gasteiger partial charge in [-0.1, -0.05) is 12.1 Å². The number of nitrogens with zero attached hydrogens (tertiary/aromatic N) is 1.